The van der Waals surface area contributed by atoms with Crippen LogP contribution in [0.1, 0.15) is 43.0 Å². The molecule has 6 nitrogen and oxygen atoms in total. The average Bonchev–Trinajstić information content (AvgIpc) is 2.92. The summed E-state index contributed by atoms with van der Waals surface area (Å²) in [7, 11) is 1.55. The molecular weight excluding hydrogens is 513 g/mol. The lowest BCUT2D eigenvalue weighted by molar-refractivity contribution is -0.143. The highest BCUT2D eigenvalue weighted by atomic mass is 35.5. The zero-order valence-electron chi connectivity index (χ0n) is 21.2. The first-order valence-electron chi connectivity index (χ1n) is 12.5. The molecule has 0 aliphatic carbocycles. The minimum atomic E-state index is -1.39. The zero-order valence-corrected chi connectivity index (χ0v) is 22.7. The second-order valence-corrected chi connectivity index (χ2v) is 11.1. The molecule has 4 rings (SSSR count). The molecular formula is C28H33ClFN3O3S. The second-order valence-electron chi connectivity index (χ2n) is 9.59. The minimum Gasteiger partial charge on any atom is -0.497 e. The first kappa shape index (κ1) is 27.6. The highest BCUT2D eigenvalue weighted by molar-refractivity contribution is 7.99. The van der Waals surface area contributed by atoms with Crippen molar-refractivity contribution < 1.29 is 19.1 Å². The lowest BCUT2D eigenvalue weighted by Crippen LogP contribution is -2.48. The van der Waals surface area contributed by atoms with Gasteiger partial charge in [-0.05, 0) is 75.5 Å². The highest BCUT2D eigenvalue weighted by Crippen LogP contribution is 2.42. The Kier molecular flexibility index (Phi) is 9.29. The Bertz CT molecular complexity index is 1240. The van der Waals surface area contributed by atoms with Gasteiger partial charge in [0, 0.05) is 34.3 Å². The third kappa shape index (κ3) is 6.37. The molecule has 2 aromatic carbocycles. The van der Waals surface area contributed by atoms with E-state index in [1.165, 1.54) is 16.7 Å². The van der Waals surface area contributed by atoms with Crippen molar-refractivity contribution in [1.82, 2.24) is 15.4 Å². The van der Waals surface area contributed by atoms with Crippen LogP contribution < -0.4 is 10.2 Å². The summed E-state index contributed by atoms with van der Waals surface area (Å²) >= 11 is 8.22. The molecule has 1 fully saturated rings. The third-order valence-electron chi connectivity index (χ3n) is 7.41. The summed E-state index contributed by atoms with van der Waals surface area (Å²) in [4.78, 5) is 20.7. The maximum atomic E-state index is 15.7. The number of fused-ring (bicyclic) bond motifs is 1. The van der Waals surface area contributed by atoms with Gasteiger partial charge in [-0.2, -0.15) is 0 Å². The van der Waals surface area contributed by atoms with Gasteiger partial charge in [-0.25, -0.2) is 9.87 Å². The molecule has 198 valence electrons. The van der Waals surface area contributed by atoms with Gasteiger partial charge in [0.15, 0.2) is 0 Å². The third-order valence-corrected chi connectivity index (χ3v) is 8.87. The summed E-state index contributed by atoms with van der Waals surface area (Å²) in [6, 6.07) is 13.6. The Hall–Kier alpha value is -2.39. The molecule has 37 heavy (non-hydrogen) atoms. The summed E-state index contributed by atoms with van der Waals surface area (Å²) in [6.45, 7) is 4.45. The summed E-state index contributed by atoms with van der Waals surface area (Å²) in [5.41, 5.74) is 3.27. The van der Waals surface area contributed by atoms with Crippen LogP contribution in [0.15, 0.2) is 53.6 Å². The van der Waals surface area contributed by atoms with Gasteiger partial charge in [0.1, 0.15) is 11.9 Å². The molecule has 2 heterocycles. The van der Waals surface area contributed by atoms with Crippen molar-refractivity contribution in [3.63, 3.8) is 0 Å². The first-order chi connectivity index (χ1) is 17.9. The Morgan fingerprint density at radius 3 is 2.76 bits per heavy atom. The number of ether oxygens (including phenoxy) is 1. The molecule has 1 aliphatic rings. The molecule has 9 heteroatoms. The van der Waals surface area contributed by atoms with E-state index in [0.29, 0.717) is 41.5 Å². The number of thioether (sulfide) groups is 1. The molecule has 0 bridgehead atoms. The molecule has 0 radical (unpaired) electrons. The smallest absolute Gasteiger partial charge is 0.249 e. The van der Waals surface area contributed by atoms with Gasteiger partial charge < -0.3 is 9.64 Å². The van der Waals surface area contributed by atoms with Crippen molar-refractivity contribution in [2.24, 2.45) is 5.41 Å². The number of hydrogen-bond donors (Lipinski definition) is 2. The number of piperidine rings is 1. The number of alkyl halides is 1. The Balaban J connectivity index is 1.40. The van der Waals surface area contributed by atoms with Crippen molar-refractivity contribution in [1.29, 1.82) is 0 Å². The number of likely N-dealkylation sites (tertiary alicyclic amines) is 1. The Morgan fingerprint density at radius 2 is 2.05 bits per heavy atom. The number of nitrogens with zero attached hydrogens (tertiary/aromatic N) is 2. The standard InChI is InChI=1S/C28H33ClFN3O3S/c1-19-5-3-4-6-25(19)37-16-15-33-13-11-28(12-14-33,27(34)32-35)10-9-23(30)26-21-17-20(36-2)7-8-24(21)31-18-22(26)29/h3-8,17-18,23,35H,9-16H2,1-2H3,(H,32,34). The van der Waals surface area contributed by atoms with Crippen molar-refractivity contribution in [2.45, 2.75) is 43.7 Å². The number of hydroxylamine groups is 1. The number of carbonyl (C=O) groups excluding carboxylic acids is 1. The summed E-state index contributed by atoms with van der Waals surface area (Å²) < 4.78 is 21.0. The van der Waals surface area contributed by atoms with Gasteiger partial charge in [-0.15, -0.1) is 11.8 Å². The van der Waals surface area contributed by atoms with Crippen LogP contribution in [-0.2, 0) is 4.79 Å². The second kappa shape index (κ2) is 12.4. The van der Waals surface area contributed by atoms with Gasteiger partial charge in [0.25, 0.3) is 0 Å². The number of amides is 1. The van der Waals surface area contributed by atoms with Crippen molar-refractivity contribution in [2.75, 3.05) is 32.5 Å². The van der Waals surface area contributed by atoms with Crippen LogP contribution in [0.25, 0.3) is 10.9 Å². The number of rotatable bonds is 10. The van der Waals surface area contributed by atoms with Gasteiger partial charge in [0.2, 0.25) is 5.91 Å². The largest absolute Gasteiger partial charge is 0.497 e. The van der Waals surface area contributed by atoms with E-state index in [1.807, 2.05) is 23.3 Å². The van der Waals surface area contributed by atoms with Crippen molar-refractivity contribution in [3.05, 3.63) is 64.8 Å². The number of hydrogen-bond acceptors (Lipinski definition) is 6. The molecule has 1 saturated heterocycles. The van der Waals surface area contributed by atoms with E-state index in [4.69, 9.17) is 16.3 Å². The van der Waals surface area contributed by atoms with E-state index >= 15 is 4.39 Å². The lowest BCUT2D eigenvalue weighted by atomic mass is 9.73. The molecule has 3 aromatic rings. The fourth-order valence-electron chi connectivity index (χ4n) is 5.08. The average molecular weight is 546 g/mol. The quantitative estimate of drug-likeness (QED) is 0.175. The van der Waals surface area contributed by atoms with E-state index < -0.39 is 17.5 Å². The maximum Gasteiger partial charge on any atom is 0.249 e. The Labute approximate surface area is 226 Å². The van der Waals surface area contributed by atoms with Crippen LogP contribution in [0.5, 0.6) is 5.75 Å². The normalized spacial score (nSPS) is 16.5. The van der Waals surface area contributed by atoms with Crippen LogP contribution in [0.4, 0.5) is 4.39 Å². The molecule has 1 unspecified atom stereocenters. The Morgan fingerprint density at radius 1 is 1.30 bits per heavy atom. The van der Waals surface area contributed by atoms with E-state index in [9.17, 15) is 10.0 Å². The first-order valence-corrected chi connectivity index (χ1v) is 13.8. The number of carbonyl (C=O) groups is 1. The SMILES string of the molecule is COc1ccc2ncc(Cl)c(C(F)CCC3(C(=O)NO)CCN(CCSc4ccccc4C)CC3)c2c1. The van der Waals surface area contributed by atoms with E-state index in [2.05, 4.69) is 35.0 Å². The molecule has 0 saturated carbocycles. The number of nitrogens with one attached hydrogen (secondary N) is 1. The van der Waals surface area contributed by atoms with Crippen LogP contribution in [0, 0.1) is 12.3 Å². The summed E-state index contributed by atoms with van der Waals surface area (Å²) in [6.07, 6.45) is 1.59. The molecule has 2 N–H and O–H groups in total. The summed E-state index contributed by atoms with van der Waals surface area (Å²) in [5.74, 6) is 1.10. The van der Waals surface area contributed by atoms with E-state index in [-0.39, 0.29) is 11.4 Å². The number of halogens is 2. The van der Waals surface area contributed by atoms with E-state index in [1.54, 1.807) is 25.3 Å². The minimum absolute atomic E-state index is 0.104. The van der Waals surface area contributed by atoms with Crippen LogP contribution >= 0.6 is 23.4 Å². The molecule has 0 spiro atoms. The lowest BCUT2D eigenvalue weighted by Gasteiger charge is -2.40. The number of pyridine rings is 1. The fraction of sp³-hybridized carbons (Fsp3) is 0.429. The number of aromatic nitrogens is 1. The molecule has 1 aliphatic heterocycles. The van der Waals surface area contributed by atoms with Crippen LogP contribution in [0.2, 0.25) is 5.02 Å². The fourth-order valence-corrected chi connectivity index (χ4v) is 6.39. The molecule has 1 atom stereocenters. The predicted octanol–water partition coefficient (Wildman–Crippen LogP) is 6.38. The van der Waals surface area contributed by atoms with Gasteiger partial charge in [-0.3, -0.25) is 15.0 Å². The number of benzene rings is 2. The molecule has 1 aromatic heterocycles. The monoisotopic (exact) mass is 545 g/mol. The summed E-state index contributed by atoms with van der Waals surface area (Å²) in [5, 5.41) is 10.3. The van der Waals surface area contributed by atoms with Gasteiger partial charge in [0.05, 0.1) is 23.1 Å². The van der Waals surface area contributed by atoms with Crippen LogP contribution in [-0.4, -0.2) is 53.5 Å². The predicted molar refractivity (Wildman–Crippen MR) is 146 cm³/mol. The molecule has 1 amide bonds. The zero-order chi connectivity index (χ0) is 26.4. The highest BCUT2D eigenvalue weighted by Gasteiger charge is 2.41. The van der Waals surface area contributed by atoms with Crippen molar-refractivity contribution >= 4 is 40.2 Å². The van der Waals surface area contributed by atoms with Crippen LogP contribution in [0.3, 0.4) is 0 Å². The topological polar surface area (TPSA) is 74.7 Å². The van der Waals surface area contributed by atoms with E-state index in [0.717, 1.165) is 25.4 Å². The van der Waals surface area contributed by atoms with Gasteiger partial charge in [-0.1, -0.05) is 29.8 Å². The van der Waals surface area contributed by atoms with Gasteiger partial charge >= 0.3 is 0 Å². The van der Waals surface area contributed by atoms with Crippen molar-refractivity contribution in [3.8, 4) is 5.75 Å². The number of methoxy groups -OCH3 is 1. The maximum absolute atomic E-state index is 15.7. The number of aryl methyl sites for hydroxylation is 1.